The number of carbonyl (C=O) groups excluding carboxylic acids is 1. The van der Waals surface area contributed by atoms with Gasteiger partial charge in [0.2, 0.25) is 0 Å². The van der Waals surface area contributed by atoms with Gasteiger partial charge in [0.15, 0.2) is 5.69 Å². The normalized spacial score (nSPS) is 11.1. The molecule has 136 valence electrons. The number of fused-ring (bicyclic) bond motifs is 1. The van der Waals surface area contributed by atoms with Gasteiger partial charge in [0.25, 0.3) is 5.91 Å². The number of nitrogens with zero attached hydrogens (tertiary/aromatic N) is 2. The first-order valence-electron chi connectivity index (χ1n) is 8.50. The van der Waals surface area contributed by atoms with E-state index in [2.05, 4.69) is 25.5 Å². The van der Waals surface area contributed by atoms with Gasteiger partial charge in [-0.3, -0.25) is 9.89 Å². The fourth-order valence-electron chi connectivity index (χ4n) is 3.05. The summed E-state index contributed by atoms with van der Waals surface area (Å²) in [4.78, 5) is 20.2. The number of halogens is 1. The van der Waals surface area contributed by atoms with Crippen molar-refractivity contribution in [2.75, 3.05) is 5.32 Å². The highest BCUT2D eigenvalue weighted by Crippen LogP contribution is 2.29. The van der Waals surface area contributed by atoms with Crippen LogP contribution >= 0.6 is 11.6 Å². The zero-order chi connectivity index (χ0) is 19.1. The molecule has 0 saturated carbocycles. The number of anilines is 1. The Morgan fingerprint density at radius 2 is 1.96 bits per heavy atom. The van der Waals surface area contributed by atoms with E-state index in [1.807, 2.05) is 51.1 Å². The van der Waals surface area contributed by atoms with Crippen LogP contribution in [-0.4, -0.2) is 26.1 Å². The Labute approximate surface area is 161 Å². The van der Waals surface area contributed by atoms with Crippen LogP contribution in [0.25, 0.3) is 22.3 Å². The minimum Gasteiger partial charge on any atom is -0.339 e. The van der Waals surface area contributed by atoms with E-state index in [1.165, 1.54) is 0 Å². The second kappa shape index (κ2) is 6.55. The maximum atomic E-state index is 12.4. The monoisotopic (exact) mass is 379 g/mol. The van der Waals surface area contributed by atoms with Gasteiger partial charge in [-0.2, -0.15) is 5.10 Å². The summed E-state index contributed by atoms with van der Waals surface area (Å²) in [6.45, 7) is 5.76. The molecule has 4 rings (SSSR count). The van der Waals surface area contributed by atoms with E-state index in [1.54, 1.807) is 6.20 Å². The second-order valence-electron chi connectivity index (χ2n) is 6.58. The van der Waals surface area contributed by atoms with Crippen molar-refractivity contribution in [3.8, 4) is 11.3 Å². The Morgan fingerprint density at radius 1 is 1.15 bits per heavy atom. The number of aromatic nitrogens is 4. The first-order valence-corrected chi connectivity index (χ1v) is 8.88. The number of aromatic amines is 2. The summed E-state index contributed by atoms with van der Waals surface area (Å²) in [7, 11) is 0. The topological polar surface area (TPSA) is 86.5 Å². The van der Waals surface area contributed by atoms with E-state index in [-0.39, 0.29) is 5.91 Å². The van der Waals surface area contributed by atoms with Crippen molar-refractivity contribution in [3.05, 3.63) is 64.1 Å². The largest absolute Gasteiger partial charge is 0.339 e. The van der Waals surface area contributed by atoms with Gasteiger partial charge in [0, 0.05) is 32.9 Å². The maximum absolute atomic E-state index is 12.4. The number of carbonyl (C=O) groups is 1. The molecule has 1 aromatic carbocycles. The molecule has 0 aliphatic heterocycles. The van der Waals surface area contributed by atoms with Crippen molar-refractivity contribution in [1.29, 1.82) is 0 Å². The number of hydrogen-bond donors (Lipinski definition) is 3. The number of benzene rings is 1. The molecule has 0 radical (unpaired) electrons. The lowest BCUT2D eigenvalue weighted by Gasteiger charge is -2.03. The van der Waals surface area contributed by atoms with E-state index in [0.29, 0.717) is 16.4 Å². The molecule has 0 bridgehead atoms. The van der Waals surface area contributed by atoms with Crippen LogP contribution in [0.15, 0.2) is 36.5 Å². The molecule has 0 atom stereocenters. The van der Waals surface area contributed by atoms with E-state index in [0.717, 1.165) is 39.1 Å². The Kier molecular flexibility index (Phi) is 4.20. The fraction of sp³-hybridized carbons (Fsp3) is 0.150. The highest BCUT2D eigenvalue weighted by Gasteiger charge is 2.15. The fourth-order valence-corrected chi connectivity index (χ4v) is 3.28. The van der Waals surface area contributed by atoms with Crippen LogP contribution in [-0.2, 0) is 0 Å². The molecular formula is C20H18ClN5O. The molecule has 6 nitrogen and oxygen atoms in total. The van der Waals surface area contributed by atoms with Crippen LogP contribution in [0.2, 0.25) is 5.02 Å². The Hall–Kier alpha value is -3.12. The van der Waals surface area contributed by atoms with Gasteiger partial charge in [-0.1, -0.05) is 17.7 Å². The molecule has 0 aliphatic rings. The standard InChI is InChI=1S/C20H18ClN5O/c1-10-6-14(21)4-5-16(10)17-8-13-7-15(9-22-19(13)24-17)23-20(27)18-11(2)12(3)25-26-18/h4-9H,1-3H3,(H,22,24)(H,23,27)(H,25,26). The maximum Gasteiger partial charge on any atom is 0.276 e. The molecule has 0 saturated heterocycles. The summed E-state index contributed by atoms with van der Waals surface area (Å²) in [6.07, 6.45) is 1.63. The Balaban J connectivity index is 1.65. The third-order valence-corrected chi connectivity index (χ3v) is 4.91. The zero-order valence-electron chi connectivity index (χ0n) is 15.1. The van der Waals surface area contributed by atoms with Gasteiger partial charge in [0.1, 0.15) is 5.65 Å². The molecule has 0 aliphatic carbocycles. The third-order valence-electron chi connectivity index (χ3n) is 4.67. The van der Waals surface area contributed by atoms with E-state index in [9.17, 15) is 4.79 Å². The second-order valence-corrected chi connectivity index (χ2v) is 7.02. The summed E-state index contributed by atoms with van der Waals surface area (Å²) < 4.78 is 0. The lowest BCUT2D eigenvalue weighted by atomic mass is 10.1. The molecule has 27 heavy (non-hydrogen) atoms. The van der Waals surface area contributed by atoms with Gasteiger partial charge in [-0.25, -0.2) is 4.98 Å². The van der Waals surface area contributed by atoms with Crippen LogP contribution < -0.4 is 5.32 Å². The van der Waals surface area contributed by atoms with Gasteiger partial charge < -0.3 is 10.3 Å². The molecule has 3 N–H and O–H groups in total. The number of rotatable bonds is 3. The highest BCUT2D eigenvalue weighted by atomic mass is 35.5. The zero-order valence-corrected chi connectivity index (χ0v) is 15.9. The number of amides is 1. The quantitative estimate of drug-likeness (QED) is 0.478. The van der Waals surface area contributed by atoms with Gasteiger partial charge in [-0.05, 0) is 50.6 Å². The molecule has 0 fully saturated rings. The first-order chi connectivity index (χ1) is 12.9. The SMILES string of the molecule is Cc1cc(Cl)ccc1-c1cc2cc(NC(=O)c3n[nH]c(C)c3C)cnc2[nH]1. The minimum absolute atomic E-state index is 0.262. The molecule has 1 amide bonds. The van der Waals surface area contributed by atoms with Crippen molar-refractivity contribution >= 4 is 34.2 Å². The number of H-pyrrole nitrogens is 2. The molecular weight excluding hydrogens is 362 g/mol. The first kappa shape index (κ1) is 17.3. The summed E-state index contributed by atoms with van der Waals surface area (Å²) in [5.41, 5.74) is 6.56. The number of aryl methyl sites for hydroxylation is 2. The van der Waals surface area contributed by atoms with Crippen LogP contribution in [0, 0.1) is 20.8 Å². The number of hydrogen-bond acceptors (Lipinski definition) is 3. The van der Waals surface area contributed by atoms with Crippen LogP contribution in [0.5, 0.6) is 0 Å². The molecule has 3 aromatic heterocycles. The number of pyridine rings is 1. The summed E-state index contributed by atoms with van der Waals surface area (Å²) >= 11 is 6.05. The Morgan fingerprint density at radius 3 is 2.67 bits per heavy atom. The smallest absolute Gasteiger partial charge is 0.276 e. The predicted molar refractivity (Wildman–Crippen MR) is 107 cm³/mol. The summed E-state index contributed by atoms with van der Waals surface area (Å²) in [5, 5.41) is 11.4. The summed E-state index contributed by atoms with van der Waals surface area (Å²) in [6, 6.07) is 9.67. The van der Waals surface area contributed by atoms with Gasteiger partial charge in [0.05, 0.1) is 11.9 Å². The lowest BCUT2D eigenvalue weighted by molar-refractivity contribution is 0.102. The average Bonchev–Trinajstić information content (AvgIpc) is 3.18. The van der Waals surface area contributed by atoms with Crippen LogP contribution in [0.1, 0.15) is 27.3 Å². The van der Waals surface area contributed by atoms with Crippen molar-refractivity contribution in [2.24, 2.45) is 0 Å². The average molecular weight is 380 g/mol. The van der Waals surface area contributed by atoms with Gasteiger partial charge in [-0.15, -0.1) is 0 Å². The van der Waals surface area contributed by atoms with E-state index >= 15 is 0 Å². The van der Waals surface area contributed by atoms with Crippen molar-refractivity contribution in [2.45, 2.75) is 20.8 Å². The van der Waals surface area contributed by atoms with Gasteiger partial charge >= 0.3 is 0 Å². The molecule has 0 unspecified atom stereocenters. The molecule has 4 aromatic rings. The van der Waals surface area contributed by atoms with Crippen molar-refractivity contribution < 1.29 is 4.79 Å². The highest BCUT2D eigenvalue weighted by molar-refractivity contribution is 6.30. The van der Waals surface area contributed by atoms with Crippen molar-refractivity contribution in [1.82, 2.24) is 20.2 Å². The van der Waals surface area contributed by atoms with Crippen LogP contribution in [0.4, 0.5) is 5.69 Å². The number of nitrogens with one attached hydrogen (secondary N) is 3. The molecule has 7 heteroatoms. The predicted octanol–water partition coefficient (Wildman–Crippen LogP) is 4.78. The minimum atomic E-state index is -0.262. The lowest BCUT2D eigenvalue weighted by Crippen LogP contribution is -2.13. The van der Waals surface area contributed by atoms with Crippen molar-refractivity contribution in [3.63, 3.8) is 0 Å². The molecule has 3 heterocycles. The molecule has 0 spiro atoms. The van der Waals surface area contributed by atoms with E-state index < -0.39 is 0 Å². The van der Waals surface area contributed by atoms with E-state index in [4.69, 9.17) is 11.6 Å². The van der Waals surface area contributed by atoms with Crippen LogP contribution in [0.3, 0.4) is 0 Å². The summed E-state index contributed by atoms with van der Waals surface area (Å²) in [5.74, 6) is -0.262. The Bertz CT molecular complexity index is 1170. The third kappa shape index (κ3) is 3.19.